The van der Waals surface area contributed by atoms with Crippen LogP contribution in [0.1, 0.15) is 22.3 Å². The van der Waals surface area contributed by atoms with E-state index in [2.05, 4.69) is 0 Å². The monoisotopic (exact) mass is 486 g/mol. The smallest absolute Gasteiger partial charge is 0.168 e. The van der Waals surface area contributed by atoms with Crippen molar-refractivity contribution in [1.29, 1.82) is 0 Å². The van der Waals surface area contributed by atoms with E-state index < -0.39 is 21.4 Å². The Morgan fingerprint density at radius 1 is 0.412 bits per heavy atom. The van der Waals surface area contributed by atoms with Crippen LogP contribution in [-0.2, 0) is 21.4 Å². The van der Waals surface area contributed by atoms with Crippen LogP contribution in [0.15, 0.2) is 107 Å². The van der Waals surface area contributed by atoms with Crippen molar-refractivity contribution in [3.63, 3.8) is 0 Å². The number of benzene rings is 4. The molecule has 0 bridgehead atoms. The lowest BCUT2D eigenvalue weighted by atomic mass is 10.0. The van der Waals surface area contributed by atoms with Crippen molar-refractivity contribution in [3.05, 3.63) is 119 Å². The summed E-state index contributed by atoms with van der Waals surface area (Å²) in [6.07, 6.45) is 7.39. The minimum Gasteiger partial charge on any atom is -0.227 e. The standard InChI is InChI=1S/C28H22O4S2/c29-33(30)27-7-3-1-5-25(27)19-13-21-9-15-23(16-10-21)24-17-11-22(12-18-24)14-20-26-6-2-4-8-28(26)34(31)32/h1-20,33-34H/b19-13+,20-14+. The zero-order chi connectivity index (χ0) is 23.9. The second kappa shape index (κ2) is 10.9. The first-order chi connectivity index (χ1) is 16.5. The van der Waals surface area contributed by atoms with E-state index in [4.69, 9.17) is 0 Å². The molecule has 0 unspecified atom stereocenters. The molecule has 0 saturated heterocycles. The van der Waals surface area contributed by atoms with E-state index in [1.165, 1.54) is 0 Å². The molecule has 0 fully saturated rings. The summed E-state index contributed by atoms with van der Waals surface area (Å²) in [4.78, 5) is 0.620. The first-order valence-corrected chi connectivity index (χ1v) is 12.9. The Morgan fingerprint density at radius 2 is 0.765 bits per heavy atom. The third kappa shape index (κ3) is 5.78. The van der Waals surface area contributed by atoms with Crippen molar-refractivity contribution in [2.75, 3.05) is 0 Å². The van der Waals surface area contributed by atoms with Crippen LogP contribution in [0.25, 0.3) is 35.4 Å². The molecule has 4 nitrogen and oxygen atoms in total. The molecule has 6 heteroatoms. The molecule has 0 saturated carbocycles. The van der Waals surface area contributed by atoms with E-state index >= 15 is 0 Å². The minimum absolute atomic E-state index is 0.310. The molecule has 4 aromatic rings. The lowest BCUT2D eigenvalue weighted by molar-refractivity contribution is 0.613. The molecule has 0 heterocycles. The molecular weight excluding hydrogens is 464 g/mol. The quantitative estimate of drug-likeness (QED) is 0.262. The lowest BCUT2D eigenvalue weighted by Crippen LogP contribution is -1.85. The Bertz CT molecular complexity index is 1380. The Kier molecular flexibility index (Phi) is 7.52. The van der Waals surface area contributed by atoms with E-state index in [0.29, 0.717) is 20.9 Å². The van der Waals surface area contributed by atoms with Crippen LogP contribution in [0.5, 0.6) is 0 Å². The second-order valence-electron chi connectivity index (χ2n) is 7.54. The lowest BCUT2D eigenvalue weighted by Gasteiger charge is -2.04. The van der Waals surface area contributed by atoms with E-state index in [0.717, 1.165) is 22.3 Å². The SMILES string of the molecule is O=[SH](=O)c1ccccc1/C=C/c1ccc(-c2ccc(/C=C/c3ccccc3[SH](=O)=O)cc2)cc1. The van der Waals surface area contributed by atoms with Crippen molar-refractivity contribution in [2.24, 2.45) is 0 Å². The van der Waals surface area contributed by atoms with Crippen molar-refractivity contribution in [2.45, 2.75) is 9.79 Å². The molecule has 0 aliphatic heterocycles. The minimum atomic E-state index is -2.64. The van der Waals surface area contributed by atoms with E-state index in [1.54, 1.807) is 48.6 Å². The normalized spacial score (nSPS) is 11.7. The van der Waals surface area contributed by atoms with E-state index in [-0.39, 0.29) is 0 Å². The summed E-state index contributed by atoms with van der Waals surface area (Å²) in [7, 11) is -5.28. The number of rotatable bonds is 7. The maximum atomic E-state index is 11.4. The summed E-state index contributed by atoms with van der Waals surface area (Å²) in [6, 6.07) is 29.8. The first-order valence-electron chi connectivity index (χ1n) is 10.5. The van der Waals surface area contributed by atoms with Gasteiger partial charge in [-0.05, 0) is 45.5 Å². The van der Waals surface area contributed by atoms with Gasteiger partial charge >= 0.3 is 0 Å². The summed E-state index contributed by atoms with van der Waals surface area (Å²) in [5.74, 6) is 0. The Balaban J connectivity index is 1.48. The summed E-state index contributed by atoms with van der Waals surface area (Å²) >= 11 is 0. The topological polar surface area (TPSA) is 68.3 Å². The van der Waals surface area contributed by atoms with Gasteiger partial charge in [-0.15, -0.1) is 0 Å². The van der Waals surface area contributed by atoms with Gasteiger partial charge in [-0.25, -0.2) is 16.8 Å². The maximum Gasteiger partial charge on any atom is 0.168 e. The van der Waals surface area contributed by atoms with Crippen LogP contribution in [0, 0.1) is 0 Å². The third-order valence-corrected chi connectivity index (χ3v) is 6.93. The van der Waals surface area contributed by atoms with Crippen LogP contribution in [0.3, 0.4) is 0 Å². The fraction of sp³-hybridized carbons (Fsp3) is 0. The van der Waals surface area contributed by atoms with Crippen molar-refractivity contribution < 1.29 is 16.8 Å². The van der Waals surface area contributed by atoms with Crippen molar-refractivity contribution in [1.82, 2.24) is 0 Å². The third-order valence-electron chi connectivity index (χ3n) is 5.33. The van der Waals surface area contributed by atoms with Gasteiger partial charge in [0.1, 0.15) is 0 Å². The van der Waals surface area contributed by atoms with Crippen LogP contribution in [-0.4, -0.2) is 16.8 Å². The largest absolute Gasteiger partial charge is 0.227 e. The van der Waals surface area contributed by atoms with Gasteiger partial charge in [-0.1, -0.05) is 109 Å². The molecule has 4 rings (SSSR count). The maximum absolute atomic E-state index is 11.4. The van der Waals surface area contributed by atoms with Gasteiger partial charge in [0.15, 0.2) is 21.4 Å². The molecule has 0 aliphatic carbocycles. The zero-order valence-electron chi connectivity index (χ0n) is 18.1. The Labute approximate surface area is 202 Å². The molecule has 0 amide bonds. The van der Waals surface area contributed by atoms with Crippen molar-refractivity contribution in [3.8, 4) is 11.1 Å². The summed E-state index contributed by atoms with van der Waals surface area (Å²) < 4.78 is 45.6. The average Bonchev–Trinajstić information content (AvgIpc) is 2.87. The summed E-state index contributed by atoms with van der Waals surface area (Å²) in [5, 5.41) is 0. The van der Waals surface area contributed by atoms with Crippen LogP contribution in [0.2, 0.25) is 0 Å². The fourth-order valence-corrected chi connectivity index (χ4v) is 4.67. The predicted octanol–water partition coefficient (Wildman–Crippen LogP) is 5.64. The van der Waals surface area contributed by atoms with Gasteiger partial charge in [-0.3, -0.25) is 0 Å². The molecule has 170 valence electrons. The van der Waals surface area contributed by atoms with Crippen LogP contribution < -0.4 is 0 Å². The molecule has 0 aliphatic rings. The molecule has 34 heavy (non-hydrogen) atoms. The summed E-state index contributed by atoms with van der Waals surface area (Å²) in [6.45, 7) is 0. The molecule has 0 spiro atoms. The highest BCUT2D eigenvalue weighted by atomic mass is 32.2. The van der Waals surface area contributed by atoms with E-state index in [1.807, 2.05) is 72.8 Å². The second-order valence-corrected chi connectivity index (χ2v) is 9.53. The number of hydrogen-bond donors (Lipinski definition) is 2. The van der Waals surface area contributed by atoms with Crippen LogP contribution in [0.4, 0.5) is 0 Å². The van der Waals surface area contributed by atoms with Crippen molar-refractivity contribution >= 4 is 45.7 Å². The molecule has 0 N–H and O–H groups in total. The van der Waals surface area contributed by atoms with Gasteiger partial charge in [0.25, 0.3) is 0 Å². The number of hydrogen-bond acceptors (Lipinski definition) is 4. The van der Waals surface area contributed by atoms with Gasteiger partial charge in [0.05, 0.1) is 9.79 Å². The first kappa shape index (κ1) is 23.4. The van der Waals surface area contributed by atoms with Gasteiger partial charge in [-0.2, -0.15) is 0 Å². The molecule has 0 radical (unpaired) electrons. The molecule has 4 aromatic carbocycles. The molecular formula is C28H22O4S2. The number of thiol groups is 2. The zero-order valence-corrected chi connectivity index (χ0v) is 19.9. The average molecular weight is 487 g/mol. The molecule has 0 atom stereocenters. The van der Waals surface area contributed by atoms with Gasteiger partial charge in [0.2, 0.25) is 0 Å². The van der Waals surface area contributed by atoms with Gasteiger partial charge < -0.3 is 0 Å². The van der Waals surface area contributed by atoms with Crippen LogP contribution >= 0.6 is 0 Å². The Morgan fingerprint density at radius 3 is 1.12 bits per heavy atom. The highest BCUT2D eigenvalue weighted by molar-refractivity contribution is 7.72. The highest BCUT2D eigenvalue weighted by Crippen LogP contribution is 2.23. The fourth-order valence-electron chi connectivity index (χ4n) is 3.53. The predicted molar refractivity (Wildman–Crippen MR) is 140 cm³/mol. The highest BCUT2D eigenvalue weighted by Gasteiger charge is 2.02. The van der Waals surface area contributed by atoms with Gasteiger partial charge in [0, 0.05) is 0 Å². The van der Waals surface area contributed by atoms with E-state index in [9.17, 15) is 16.8 Å². The molecule has 0 aromatic heterocycles. The Hall–Kier alpha value is -3.74. The summed E-state index contributed by atoms with van der Waals surface area (Å²) in [5.41, 5.74) is 5.38.